The second-order valence-corrected chi connectivity index (χ2v) is 6.43. The molecule has 118 valence electrons. The van der Waals surface area contributed by atoms with Gasteiger partial charge in [-0.2, -0.15) is 0 Å². The fraction of sp³-hybridized carbons (Fsp3) is 0.500. The van der Waals surface area contributed by atoms with Crippen molar-refractivity contribution in [3.8, 4) is 0 Å². The highest BCUT2D eigenvalue weighted by molar-refractivity contribution is 6.31. The molecule has 1 amide bonds. The van der Waals surface area contributed by atoms with Gasteiger partial charge < -0.3 is 9.32 Å². The van der Waals surface area contributed by atoms with Gasteiger partial charge in [-0.15, -0.1) is 0 Å². The van der Waals surface area contributed by atoms with Crippen LogP contribution < -0.4 is 5.76 Å². The summed E-state index contributed by atoms with van der Waals surface area (Å²) in [5, 5.41) is 0.498. The second kappa shape index (κ2) is 5.80. The van der Waals surface area contributed by atoms with Gasteiger partial charge in [0.15, 0.2) is 5.58 Å². The van der Waals surface area contributed by atoms with Crippen LogP contribution in [0.1, 0.15) is 33.1 Å². The SMILES string of the molecule is C[C@@H]1CCC[C@H](C)N1C(=O)Cn1c(=O)oc2cc(Cl)ccc21. The fourth-order valence-corrected chi connectivity index (χ4v) is 3.48. The van der Waals surface area contributed by atoms with Crippen molar-refractivity contribution in [2.24, 2.45) is 0 Å². The Kier molecular flexibility index (Phi) is 4.00. The van der Waals surface area contributed by atoms with E-state index in [1.807, 2.05) is 4.90 Å². The molecule has 1 saturated heterocycles. The maximum absolute atomic E-state index is 12.6. The number of halogens is 1. The first-order chi connectivity index (χ1) is 10.5. The molecule has 0 unspecified atom stereocenters. The summed E-state index contributed by atoms with van der Waals surface area (Å²) in [6, 6.07) is 5.40. The minimum Gasteiger partial charge on any atom is -0.408 e. The Balaban J connectivity index is 1.91. The third-order valence-corrected chi connectivity index (χ3v) is 4.64. The lowest BCUT2D eigenvalue weighted by atomic mass is 9.97. The van der Waals surface area contributed by atoms with Crippen LogP contribution in [-0.2, 0) is 11.3 Å². The van der Waals surface area contributed by atoms with Crippen LogP contribution >= 0.6 is 11.6 Å². The van der Waals surface area contributed by atoms with E-state index in [-0.39, 0.29) is 24.5 Å². The molecule has 0 N–H and O–H groups in total. The summed E-state index contributed by atoms with van der Waals surface area (Å²) in [7, 11) is 0. The Labute approximate surface area is 133 Å². The molecule has 0 saturated carbocycles. The molecule has 1 fully saturated rings. The number of fused-ring (bicyclic) bond motifs is 1. The number of hydrogen-bond donors (Lipinski definition) is 0. The van der Waals surface area contributed by atoms with E-state index in [4.69, 9.17) is 16.0 Å². The van der Waals surface area contributed by atoms with E-state index in [2.05, 4.69) is 13.8 Å². The number of amides is 1. The van der Waals surface area contributed by atoms with E-state index in [0.29, 0.717) is 16.1 Å². The zero-order valence-electron chi connectivity index (χ0n) is 12.7. The summed E-state index contributed by atoms with van der Waals surface area (Å²) in [6.07, 6.45) is 3.15. The van der Waals surface area contributed by atoms with Gasteiger partial charge in [0.2, 0.25) is 5.91 Å². The average molecular weight is 323 g/mol. The Morgan fingerprint density at radius 3 is 2.68 bits per heavy atom. The van der Waals surface area contributed by atoms with Gasteiger partial charge in [-0.1, -0.05) is 11.6 Å². The fourth-order valence-electron chi connectivity index (χ4n) is 3.32. The molecule has 22 heavy (non-hydrogen) atoms. The Morgan fingerprint density at radius 1 is 1.32 bits per heavy atom. The molecule has 0 aliphatic carbocycles. The summed E-state index contributed by atoms with van der Waals surface area (Å²) in [5.41, 5.74) is 1.00. The first-order valence-corrected chi connectivity index (χ1v) is 7.95. The highest BCUT2D eigenvalue weighted by Crippen LogP contribution is 2.23. The highest BCUT2D eigenvalue weighted by Gasteiger charge is 2.29. The monoisotopic (exact) mass is 322 g/mol. The molecular weight excluding hydrogens is 304 g/mol. The Bertz CT molecular complexity index is 754. The number of carbonyl (C=O) groups excluding carboxylic acids is 1. The van der Waals surface area contributed by atoms with Gasteiger partial charge in [-0.05, 0) is 45.2 Å². The molecule has 6 heteroatoms. The van der Waals surface area contributed by atoms with Crippen molar-refractivity contribution in [3.63, 3.8) is 0 Å². The van der Waals surface area contributed by atoms with Gasteiger partial charge in [0.25, 0.3) is 0 Å². The molecule has 0 radical (unpaired) electrons. The van der Waals surface area contributed by atoms with Crippen LogP contribution in [0.4, 0.5) is 0 Å². The standard InChI is InChI=1S/C16H19ClN2O3/c1-10-4-3-5-11(2)19(10)15(20)9-18-13-7-6-12(17)8-14(13)22-16(18)21/h6-8,10-11H,3-5,9H2,1-2H3/t10-,11+. The lowest BCUT2D eigenvalue weighted by Gasteiger charge is -2.39. The van der Waals surface area contributed by atoms with Crippen LogP contribution in [0.25, 0.3) is 11.1 Å². The maximum Gasteiger partial charge on any atom is 0.420 e. The van der Waals surface area contributed by atoms with Crippen molar-refractivity contribution in [3.05, 3.63) is 33.8 Å². The normalized spacial score (nSPS) is 22.2. The van der Waals surface area contributed by atoms with E-state index in [0.717, 1.165) is 19.3 Å². The number of hydrogen-bond acceptors (Lipinski definition) is 3. The molecule has 1 aromatic heterocycles. The average Bonchev–Trinajstić information content (AvgIpc) is 2.74. The van der Waals surface area contributed by atoms with E-state index in [1.165, 1.54) is 4.57 Å². The van der Waals surface area contributed by atoms with Crippen LogP contribution in [0.15, 0.2) is 27.4 Å². The summed E-state index contributed by atoms with van der Waals surface area (Å²) >= 11 is 5.90. The van der Waals surface area contributed by atoms with E-state index in [1.54, 1.807) is 18.2 Å². The molecule has 1 aliphatic heterocycles. The first-order valence-electron chi connectivity index (χ1n) is 7.57. The van der Waals surface area contributed by atoms with Gasteiger partial charge in [0.05, 0.1) is 5.52 Å². The third-order valence-electron chi connectivity index (χ3n) is 4.41. The number of rotatable bonds is 2. The molecule has 2 aromatic rings. The molecular formula is C16H19ClN2O3. The van der Waals surface area contributed by atoms with Gasteiger partial charge in [-0.25, -0.2) is 4.79 Å². The lowest BCUT2D eigenvalue weighted by Crippen LogP contribution is -2.49. The number of oxazole rings is 1. The molecule has 3 rings (SSSR count). The smallest absolute Gasteiger partial charge is 0.408 e. The minimum atomic E-state index is -0.525. The number of likely N-dealkylation sites (tertiary alicyclic amines) is 1. The summed E-state index contributed by atoms with van der Waals surface area (Å²) in [5.74, 6) is -0.567. The molecule has 2 atom stereocenters. The quantitative estimate of drug-likeness (QED) is 0.854. The van der Waals surface area contributed by atoms with Crippen molar-refractivity contribution in [2.45, 2.75) is 51.7 Å². The Hall–Kier alpha value is -1.75. The summed E-state index contributed by atoms with van der Waals surface area (Å²) in [4.78, 5) is 26.6. The number of nitrogens with zero attached hydrogens (tertiary/aromatic N) is 2. The van der Waals surface area contributed by atoms with Crippen LogP contribution in [0.3, 0.4) is 0 Å². The lowest BCUT2D eigenvalue weighted by molar-refractivity contribution is -0.137. The van der Waals surface area contributed by atoms with Crippen LogP contribution in [-0.4, -0.2) is 27.5 Å². The van der Waals surface area contributed by atoms with Gasteiger partial charge in [0.1, 0.15) is 6.54 Å². The van der Waals surface area contributed by atoms with E-state index in [9.17, 15) is 9.59 Å². The summed E-state index contributed by atoms with van der Waals surface area (Å²) in [6.45, 7) is 4.12. The molecule has 0 bridgehead atoms. The van der Waals surface area contributed by atoms with Gasteiger partial charge >= 0.3 is 5.76 Å². The zero-order valence-corrected chi connectivity index (χ0v) is 13.5. The predicted octanol–water partition coefficient (Wildman–Crippen LogP) is 3.04. The predicted molar refractivity (Wildman–Crippen MR) is 85.1 cm³/mol. The van der Waals surface area contributed by atoms with Crippen molar-refractivity contribution >= 4 is 28.6 Å². The molecule has 1 aliphatic rings. The van der Waals surface area contributed by atoms with Crippen LogP contribution in [0.2, 0.25) is 5.02 Å². The van der Waals surface area contributed by atoms with E-state index < -0.39 is 5.76 Å². The second-order valence-electron chi connectivity index (χ2n) is 6.00. The Morgan fingerprint density at radius 2 is 2.00 bits per heavy atom. The molecule has 0 spiro atoms. The number of carbonyl (C=O) groups is 1. The number of piperidine rings is 1. The van der Waals surface area contributed by atoms with Crippen LogP contribution in [0, 0.1) is 0 Å². The molecule has 1 aromatic carbocycles. The third kappa shape index (κ3) is 2.65. The van der Waals surface area contributed by atoms with Crippen molar-refractivity contribution in [1.82, 2.24) is 9.47 Å². The maximum atomic E-state index is 12.6. The van der Waals surface area contributed by atoms with Crippen molar-refractivity contribution < 1.29 is 9.21 Å². The topological polar surface area (TPSA) is 55.5 Å². The largest absolute Gasteiger partial charge is 0.420 e. The van der Waals surface area contributed by atoms with Gasteiger partial charge in [0, 0.05) is 23.2 Å². The molecule has 2 heterocycles. The van der Waals surface area contributed by atoms with Crippen LogP contribution in [0.5, 0.6) is 0 Å². The van der Waals surface area contributed by atoms with E-state index >= 15 is 0 Å². The minimum absolute atomic E-state index is 0.00213. The van der Waals surface area contributed by atoms with Gasteiger partial charge in [-0.3, -0.25) is 9.36 Å². The van der Waals surface area contributed by atoms with Crippen molar-refractivity contribution in [1.29, 1.82) is 0 Å². The first kappa shape index (κ1) is 15.2. The number of benzene rings is 1. The van der Waals surface area contributed by atoms with Crippen molar-refractivity contribution in [2.75, 3.05) is 0 Å². The summed E-state index contributed by atoms with van der Waals surface area (Å²) < 4.78 is 6.55. The molecule has 5 nitrogen and oxygen atoms in total. The highest BCUT2D eigenvalue weighted by atomic mass is 35.5. The zero-order chi connectivity index (χ0) is 15.9. The number of aromatic nitrogens is 1.